The van der Waals surface area contributed by atoms with Crippen LogP contribution in [0.25, 0.3) is 88.3 Å². The molecule has 0 saturated heterocycles. The standard InChI is InChI=1S/C48H30O/c1-2-11-30-25-42-33(24-29(30)10-1)20-22-36-35(42)18-9-19-37(36)48-40-16-7-5-14-38(40)47(39-15-6-8-17-41(39)48)34-21-23-45-43(27-34)44-26-31-12-3-4-13-32(31)28-46(44)49-45/h1-28,44,46H. The number of hydrogen-bond acceptors (Lipinski definition) is 1. The van der Waals surface area contributed by atoms with Crippen LogP contribution in [-0.4, -0.2) is 6.10 Å². The zero-order chi connectivity index (χ0) is 32.1. The Bertz CT molecular complexity index is 2930. The van der Waals surface area contributed by atoms with Gasteiger partial charge >= 0.3 is 0 Å². The molecule has 2 atom stereocenters. The molecular weight excluding hydrogens is 593 g/mol. The topological polar surface area (TPSA) is 9.23 Å². The quantitative estimate of drug-likeness (QED) is 0.138. The summed E-state index contributed by atoms with van der Waals surface area (Å²) in [5.41, 5.74) is 6.32. The van der Waals surface area contributed by atoms with E-state index < -0.39 is 0 Å². The SMILES string of the molecule is C1=c2ccccc2=CC2c3cc(-c4c5ccccc5c(-c5cccc6c5ccc5cc7ccccc7cc56)c5ccccc45)ccc3OC12. The molecule has 11 rings (SSSR count). The summed E-state index contributed by atoms with van der Waals surface area (Å²) in [7, 11) is 0. The highest BCUT2D eigenvalue weighted by molar-refractivity contribution is 6.25. The van der Waals surface area contributed by atoms with Crippen LogP contribution in [0.4, 0.5) is 0 Å². The van der Waals surface area contributed by atoms with Crippen molar-refractivity contribution < 1.29 is 4.74 Å². The van der Waals surface area contributed by atoms with E-state index in [9.17, 15) is 0 Å². The van der Waals surface area contributed by atoms with Gasteiger partial charge in [-0.1, -0.05) is 140 Å². The normalized spacial score (nSPS) is 16.2. The van der Waals surface area contributed by atoms with Gasteiger partial charge in [-0.3, -0.25) is 0 Å². The molecule has 1 aliphatic heterocycles. The Morgan fingerprint density at radius 2 is 1.02 bits per heavy atom. The van der Waals surface area contributed by atoms with Crippen molar-refractivity contribution >= 4 is 66.0 Å². The van der Waals surface area contributed by atoms with Crippen LogP contribution >= 0.6 is 0 Å². The fraction of sp³-hybridized carbons (Fsp3) is 0.0417. The lowest BCUT2D eigenvalue weighted by Gasteiger charge is -2.20. The average Bonchev–Trinajstić information content (AvgIpc) is 3.51. The largest absolute Gasteiger partial charge is 0.485 e. The Hall–Kier alpha value is -6.18. The first-order chi connectivity index (χ1) is 24.3. The van der Waals surface area contributed by atoms with E-state index in [4.69, 9.17) is 4.74 Å². The minimum absolute atomic E-state index is 0.0245. The van der Waals surface area contributed by atoms with Crippen LogP contribution in [0.2, 0.25) is 0 Å². The summed E-state index contributed by atoms with van der Waals surface area (Å²) in [6.07, 6.45) is 4.70. The molecule has 0 spiro atoms. The van der Waals surface area contributed by atoms with Crippen LogP contribution in [-0.2, 0) is 0 Å². The molecule has 0 bridgehead atoms. The van der Waals surface area contributed by atoms with E-state index in [-0.39, 0.29) is 12.0 Å². The monoisotopic (exact) mass is 622 g/mol. The van der Waals surface area contributed by atoms with Gasteiger partial charge in [0.25, 0.3) is 0 Å². The van der Waals surface area contributed by atoms with Crippen LogP contribution in [0, 0.1) is 0 Å². The molecule has 0 N–H and O–H groups in total. The van der Waals surface area contributed by atoms with Crippen molar-refractivity contribution in [1.82, 2.24) is 0 Å². The first-order valence-electron chi connectivity index (χ1n) is 17.2. The second-order valence-corrected chi connectivity index (χ2v) is 13.6. The third-order valence-electron chi connectivity index (χ3n) is 10.9. The van der Waals surface area contributed by atoms with E-state index in [1.54, 1.807) is 0 Å². The minimum Gasteiger partial charge on any atom is -0.485 e. The van der Waals surface area contributed by atoms with Crippen LogP contribution in [0.1, 0.15) is 11.5 Å². The fourth-order valence-corrected chi connectivity index (χ4v) is 8.71. The van der Waals surface area contributed by atoms with Crippen molar-refractivity contribution in [1.29, 1.82) is 0 Å². The Labute approximate surface area is 283 Å². The van der Waals surface area contributed by atoms with E-state index in [1.807, 2.05) is 0 Å². The van der Waals surface area contributed by atoms with Crippen molar-refractivity contribution in [3.63, 3.8) is 0 Å². The molecule has 228 valence electrons. The molecule has 2 unspecified atom stereocenters. The van der Waals surface area contributed by atoms with E-state index >= 15 is 0 Å². The Morgan fingerprint density at radius 3 is 1.78 bits per heavy atom. The maximum absolute atomic E-state index is 6.52. The lowest BCUT2D eigenvalue weighted by molar-refractivity contribution is 0.288. The van der Waals surface area contributed by atoms with Crippen LogP contribution in [0.5, 0.6) is 5.75 Å². The molecule has 9 aromatic rings. The predicted molar refractivity (Wildman–Crippen MR) is 207 cm³/mol. The Balaban J connectivity index is 1.16. The molecular formula is C48H30O. The number of rotatable bonds is 2. The lowest BCUT2D eigenvalue weighted by Crippen LogP contribution is -2.34. The van der Waals surface area contributed by atoms with Gasteiger partial charge in [0.2, 0.25) is 0 Å². The smallest absolute Gasteiger partial charge is 0.128 e. The molecule has 1 aliphatic carbocycles. The highest BCUT2D eigenvalue weighted by atomic mass is 16.5. The van der Waals surface area contributed by atoms with Gasteiger partial charge in [-0.15, -0.1) is 0 Å². The molecule has 1 nitrogen and oxygen atoms in total. The summed E-state index contributed by atoms with van der Waals surface area (Å²) in [5.74, 6) is 1.18. The maximum atomic E-state index is 6.52. The van der Waals surface area contributed by atoms with Gasteiger partial charge in [-0.2, -0.15) is 0 Å². The summed E-state index contributed by atoms with van der Waals surface area (Å²) < 4.78 is 6.52. The van der Waals surface area contributed by atoms with Crippen molar-refractivity contribution in [2.75, 3.05) is 0 Å². The molecule has 1 heterocycles. The molecule has 2 aliphatic rings. The van der Waals surface area contributed by atoms with E-state index in [1.165, 1.54) is 92.1 Å². The first kappa shape index (κ1) is 26.8. The molecule has 9 aromatic carbocycles. The van der Waals surface area contributed by atoms with Gasteiger partial charge in [-0.05, 0) is 117 Å². The van der Waals surface area contributed by atoms with Crippen molar-refractivity contribution in [3.05, 3.63) is 174 Å². The van der Waals surface area contributed by atoms with Gasteiger partial charge < -0.3 is 4.74 Å². The molecule has 49 heavy (non-hydrogen) atoms. The van der Waals surface area contributed by atoms with Gasteiger partial charge in [0.15, 0.2) is 0 Å². The maximum Gasteiger partial charge on any atom is 0.128 e. The second kappa shape index (κ2) is 10.2. The lowest BCUT2D eigenvalue weighted by atomic mass is 9.83. The molecule has 0 aromatic heterocycles. The molecule has 0 fully saturated rings. The predicted octanol–water partition coefficient (Wildman–Crippen LogP) is 10.9. The summed E-state index contributed by atoms with van der Waals surface area (Å²) >= 11 is 0. The third kappa shape index (κ3) is 3.93. The van der Waals surface area contributed by atoms with Crippen LogP contribution in [0.3, 0.4) is 0 Å². The van der Waals surface area contributed by atoms with Crippen molar-refractivity contribution in [2.24, 2.45) is 0 Å². The van der Waals surface area contributed by atoms with Crippen molar-refractivity contribution in [3.8, 4) is 28.0 Å². The molecule has 0 saturated carbocycles. The van der Waals surface area contributed by atoms with Gasteiger partial charge in [0.1, 0.15) is 11.9 Å². The second-order valence-electron chi connectivity index (χ2n) is 13.6. The number of ether oxygens (including phenoxy) is 1. The van der Waals surface area contributed by atoms with Gasteiger partial charge in [0, 0.05) is 11.5 Å². The van der Waals surface area contributed by atoms with E-state index in [0.29, 0.717) is 0 Å². The van der Waals surface area contributed by atoms with Crippen molar-refractivity contribution in [2.45, 2.75) is 12.0 Å². The Kier molecular flexibility index (Phi) is 5.57. The van der Waals surface area contributed by atoms with Crippen LogP contribution < -0.4 is 15.2 Å². The Morgan fingerprint density at radius 1 is 0.388 bits per heavy atom. The van der Waals surface area contributed by atoms with E-state index in [0.717, 1.165) is 5.75 Å². The van der Waals surface area contributed by atoms with Gasteiger partial charge in [-0.25, -0.2) is 0 Å². The highest BCUT2D eigenvalue weighted by Crippen LogP contribution is 2.48. The zero-order valence-corrected chi connectivity index (χ0v) is 26.7. The first-order valence-corrected chi connectivity index (χ1v) is 17.2. The number of fused-ring (bicyclic) bond motifs is 10. The fourth-order valence-electron chi connectivity index (χ4n) is 8.71. The number of benzene rings is 9. The zero-order valence-electron chi connectivity index (χ0n) is 26.7. The number of hydrogen-bond donors (Lipinski definition) is 0. The summed E-state index contributed by atoms with van der Waals surface area (Å²) in [5, 5.41) is 15.3. The summed E-state index contributed by atoms with van der Waals surface area (Å²) in [6.45, 7) is 0. The summed E-state index contributed by atoms with van der Waals surface area (Å²) in [6, 6.07) is 58.2. The van der Waals surface area contributed by atoms with Gasteiger partial charge in [0.05, 0.1) is 0 Å². The highest BCUT2D eigenvalue weighted by Gasteiger charge is 2.33. The average molecular weight is 623 g/mol. The van der Waals surface area contributed by atoms with Crippen LogP contribution in [0.15, 0.2) is 158 Å². The third-order valence-corrected chi connectivity index (χ3v) is 10.9. The minimum atomic E-state index is 0.0245. The molecule has 0 radical (unpaired) electrons. The molecule has 1 heteroatoms. The molecule has 0 amide bonds. The van der Waals surface area contributed by atoms with E-state index in [2.05, 4.69) is 170 Å². The summed E-state index contributed by atoms with van der Waals surface area (Å²) in [4.78, 5) is 0.